The highest BCUT2D eigenvalue weighted by Gasteiger charge is 2.62. The van der Waals surface area contributed by atoms with E-state index in [1.54, 1.807) is 56.5 Å². The number of carboxylic acids is 1. The van der Waals surface area contributed by atoms with Gasteiger partial charge in [0.25, 0.3) is 17.6 Å². The van der Waals surface area contributed by atoms with Crippen LogP contribution in [0.15, 0.2) is 92.8 Å². The molecule has 142 heavy (non-hydrogen) atoms. The Hall–Kier alpha value is -11.5. The van der Waals surface area contributed by atoms with Gasteiger partial charge in [-0.05, 0) is 103 Å². The number of aliphatic hydroxyl groups is 9. The predicted molar refractivity (Wildman–Crippen MR) is 512 cm³/mol. The van der Waals surface area contributed by atoms with Gasteiger partial charge in [0.15, 0.2) is 53.7 Å². The summed E-state index contributed by atoms with van der Waals surface area (Å²) in [5.41, 5.74) is 21.5. The number of phenolic OH excluding ortho intramolecular Hbond substituents is 3. The van der Waals surface area contributed by atoms with Gasteiger partial charge in [-0.15, -0.1) is 0 Å². The molecular weight excluding hydrogens is 1860 g/mol. The predicted octanol–water partition coefficient (Wildman–Crippen LogP) is -0.457. The van der Waals surface area contributed by atoms with Crippen LogP contribution in [0.5, 0.6) is 28.7 Å². The lowest BCUT2D eigenvalue weighted by Gasteiger charge is -2.45. The number of likely N-dealkylation sites (N-methyl/N-ethyl adjacent to an activating group) is 1. The number of halogens is 1. The molecule has 10 heterocycles. The highest BCUT2D eigenvalue weighted by atomic mass is 19.1. The number of nitrogens with one attached hydrogen (secondary N) is 4. The second-order valence-corrected chi connectivity index (χ2v) is 37.7. The fourth-order valence-corrected chi connectivity index (χ4v) is 20.1. The number of ether oxygens (including phenoxy) is 9. The number of hydrazine groups is 1. The minimum Gasteiger partial charge on any atom is -0.507 e. The number of benzene rings is 3. The largest absolute Gasteiger partial charge is 0.507 e. The molecule has 2 amide bonds. The summed E-state index contributed by atoms with van der Waals surface area (Å²) in [7, 11) is 4.34. The number of phenols is 3. The number of allylic oxidation sites excluding steroid dienone is 2. The molecule has 16 rings (SSSR count). The van der Waals surface area contributed by atoms with Crippen LogP contribution >= 0.6 is 0 Å². The van der Waals surface area contributed by atoms with Gasteiger partial charge in [0.05, 0.1) is 89.8 Å². The zero-order valence-corrected chi connectivity index (χ0v) is 81.0. The maximum Gasteiger partial charge on any atom is 0.341 e. The molecule has 3 aromatic carbocycles. The highest BCUT2D eigenvalue weighted by Crippen LogP contribution is 2.56. The molecule has 5 aromatic rings. The number of ketones is 1. The van der Waals surface area contributed by atoms with Crippen LogP contribution < -0.4 is 70.0 Å². The number of nitrogens with zero attached hydrogens (tertiary/aromatic N) is 8. The van der Waals surface area contributed by atoms with Gasteiger partial charge in [-0.2, -0.15) is 5.10 Å². The Balaban J connectivity index is 0.000000193. The number of pyridine rings is 2. The average Bonchev–Trinajstić information content (AvgIpc) is 1.52. The smallest absolute Gasteiger partial charge is 0.341 e. The second kappa shape index (κ2) is 46.5. The molecule has 0 unspecified atom stereocenters. The van der Waals surface area contributed by atoms with Gasteiger partial charge < -0.3 is 157 Å². The number of nitrogen functional groups attached to an aromatic ring is 1. The molecule has 3 aliphatic carbocycles. The SMILES string of the molecule is CN[C@@H]1[C@H](O[C@H]2[C@H](O[C@H]3[C@H](O)[C@@H](O)[C@H](N=C(N)N)[C@@H](O)[C@@H]3N=C(N)N)O[C@@H](C)[C@]2(O)C=O)O[C@@H](CO)[C@H](O)[C@H]1O.CO[C@H]1/C=C/O[C@@]2(C)Oc3c(C)c(O)c4c(O)c(c(/C=N/N5CCN(C6CCCC6)CC5)c(O)c4c3C2=O)NC(=O)/C(C)=C\C=C\[C@H](C)[C@H](O)[C@@H](C)[C@@H](O)[C@@H](C)[C@H](OC(C)=O)[C@@H]1C.COc1c(N2C[C@@H]3CCCN[C@@H]3C2)c(F)cc2c(=O)c(C(=O)O)cn(C3CC3)c12.NNC(=O)c1ccncc1. The Labute approximate surface area is 817 Å². The number of anilines is 2. The number of aliphatic hydroxyl groups excluding tert-OH is 8. The number of rotatable bonds is 19. The van der Waals surface area contributed by atoms with Crippen molar-refractivity contribution in [2.24, 2.45) is 73.5 Å². The van der Waals surface area contributed by atoms with Crippen molar-refractivity contribution in [1.82, 2.24) is 35.5 Å². The number of carbonyl (C=O) groups is 6. The molecule has 0 radical (unpaired) electrons. The van der Waals surface area contributed by atoms with Crippen molar-refractivity contribution in [3.63, 3.8) is 0 Å². The first-order valence-corrected chi connectivity index (χ1v) is 47.2. The molecule has 27 N–H and O–H groups in total. The van der Waals surface area contributed by atoms with Crippen LogP contribution in [-0.2, 0) is 47.5 Å². The van der Waals surface area contributed by atoms with Crippen LogP contribution in [0.1, 0.15) is 155 Å². The number of nitrogens with two attached hydrogens (primary N) is 5. The Morgan fingerprint density at radius 1 is 0.768 bits per heavy atom. The topological polar surface area (TPSA) is 708 Å². The molecule has 46 nitrogen and oxygen atoms in total. The van der Waals surface area contributed by atoms with Crippen molar-refractivity contribution < 1.29 is 142 Å². The minimum absolute atomic E-state index is 0.0599. The Bertz CT molecular complexity index is 5610. The fraction of sp³-hybridized carbons (Fsp3) is 0.589. The number of hydrogen-bond acceptors (Lipinski definition) is 38. The third-order valence-electron chi connectivity index (χ3n) is 28.4. The van der Waals surface area contributed by atoms with Crippen molar-refractivity contribution in [2.75, 3.05) is 83.9 Å². The Kier molecular flexibility index (Phi) is 35.8. The monoisotopic (exact) mass is 2000 g/mol. The second-order valence-electron chi connectivity index (χ2n) is 37.7. The van der Waals surface area contributed by atoms with Gasteiger partial charge in [0, 0.05) is 143 Å². The van der Waals surface area contributed by atoms with Gasteiger partial charge in [0.2, 0.25) is 5.43 Å². The fourth-order valence-electron chi connectivity index (χ4n) is 20.1. The van der Waals surface area contributed by atoms with Crippen LogP contribution in [-0.4, -0.2) is 347 Å². The van der Waals surface area contributed by atoms with Crippen molar-refractivity contribution in [3.05, 3.63) is 117 Å². The van der Waals surface area contributed by atoms with Gasteiger partial charge in [0.1, 0.15) is 95.5 Å². The molecule has 780 valence electrons. The molecule has 47 heteroatoms. The molecule has 11 aliphatic rings. The van der Waals surface area contributed by atoms with E-state index in [1.165, 1.54) is 131 Å². The summed E-state index contributed by atoms with van der Waals surface area (Å²) in [6, 6.07) is 1.26. The number of aldehydes is 1. The maximum absolute atomic E-state index is 15.3. The number of aliphatic imine (C=N–C) groups is 2. The summed E-state index contributed by atoms with van der Waals surface area (Å²) in [6.07, 6.45) is 0.902. The number of methoxy groups -OCH3 is 2. The van der Waals surface area contributed by atoms with E-state index < -0.39 is 216 Å². The molecule has 0 spiro atoms. The Morgan fingerprint density at radius 3 is 2.04 bits per heavy atom. The number of esters is 1. The van der Waals surface area contributed by atoms with Crippen LogP contribution in [0.25, 0.3) is 21.7 Å². The number of piperidine rings is 1. The number of carbonyl (C=O) groups excluding carboxylic acids is 5. The van der Waals surface area contributed by atoms with Crippen molar-refractivity contribution in [2.45, 2.75) is 253 Å². The van der Waals surface area contributed by atoms with Gasteiger partial charge >= 0.3 is 17.7 Å². The third kappa shape index (κ3) is 23.0. The average molecular weight is 2000 g/mol. The van der Waals surface area contributed by atoms with Gasteiger partial charge in [-0.1, -0.05) is 58.8 Å². The quantitative estimate of drug-likeness (QED) is 0.00572. The first-order chi connectivity index (χ1) is 67.3. The van der Waals surface area contributed by atoms with Crippen LogP contribution in [0.2, 0.25) is 0 Å². The zero-order valence-electron chi connectivity index (χ0n) is 81.0. The standard InChI is InChI=1S/C47H64N4O12.C21H24FN3O4.C21H39N7O12.C6H7N3O/c1-24-13-12-14-25(2)46(59)49-37-32(23-48-51-20-18-50(19-21-51)31-15-10-11-16-31)41(56)34-35(42(37)57)40(55)29(6)44-36(34)45(58)47(8,63-44)61-22-17-33(60-9)26(3)43(62-30(7)52)28(5)39(54)27(4)38(24)53;1-29-20-17-13(19(26)14(21(27)28)9-25(17)12-4-5-12)7-15(22)18(20)24-8-11-3-2-6-23-16(11)10-24;1-5-21(36,4-30)16(40-17-9(26-2)13(34)10(31)6(3-29)38-17)18(37-5)39-15-8(28-20(24)25)11(32)7(27-19(22)23)12(33)14(15)35;7-9-6(10)5-1-3-8-4-2-5/h12-14,17,22-24,26-28,31,33,38-39,43,53-57H,10-11,15-16,18-21H2,1-9H3,(H,49,59);7,9,11-12,16,23H,2-6,8,10H2,1H3,(H,27,28);4-18,26,29,31-36H,3H2,1-2H3,(H4,22,23,27)(H4,24,25,28);1-4H,7H2,(H,9,10)/b13-12+,22-17+,25-14-,48-23+;;;/t24-,26+,27+,28+,33-,38-,39+,43+,47-;11-,16+;5-,6-,7+,8-,9-,10-,11+,12-,13-,14+,15+,16-,17-,18-,21+;/m000./s1. The number of aromatic nitrogens is 2. The number of amides is 2. The van der Waals surface area contributed by atoms with E-state index in [-0.39, 0.29) is 73.7 Å². The number of guanidine groups is 2. The lowest BCUT2D eigenvalue weighted by atomic mass is 9.78. The summed E-state index contributed by atoms with van der Waals surface area (Å²) >= 11 is 0. The normalized spacial score (nSPS) is 33.2. The van der Waals surface area contributed by atoms with E-state index >= 15 is 4.39 Å². The number of aromatic hydroxyl groups is 3. The molecule has 8 fully saturated rings. The molecular formula is C95H134FN17O29. The van der Waals surface area contributed by atoms with Crippen LogP contribution in [0, 0.1) is 42.3 Å². The van der Waals surface area contributed by atoms with Crippen molar-refractivity contribution in [1.29, 1.82) is 0 Å². The van der Waals surface area contributed by atoms with E-state index in [0.717, 1.165) is 51.9 Å². The van der Waals surface area contributed by atoms with E-state index in [2.05, 4.69) is 40.9 Å². The highest BCUT2D eigenvalue weighted by molar-refractivity contribution is 6.24. The van der Waals surface area contributed by atoms with E-state index in [4.69, 9.17) is 71.4 Å². The third-order valence-corrected chi connectivity index (χ3v) is 28.4. The van der Waals surface area contributed by atoms with E-state index in [9.17, 15) is 99.9 Å². The molecule has 5 saturated heterocycles. The van der Waals surface area contributed by atoms with E-state index in [0.29, 0.717) is 60.2 Å². The summed E-state index contributed by atoms with van der Waals surface area (Å²) < 4.78 is 69.4. The van der Waals surface area contributed by atoms with Crippen molar-refractivity contribution in [3.8, 4) is 28.7 Å². The maximum atomic E-state index is 15.3. The lowest BCUT2D eigenvalue weighted by Crippen LogP contribution is -2.66. The number of hydrogen-bond donors (Lipinski definition) is 22. The number of carboxylic acid groups (broad SMARTS) is 1. The number of hydrazone groups is 1. The van der Waals surface area contributed by atoms with Gasteiger partial charge in [-0.3, -0.25) is 49.1 Å². The number of Topliss-reactive ketones (excluding diaryl/α,β-unsaturated/α-hetero) is 1. The summed E-state index contributed by atoms with van der Waals surface area (Å²) in [5.74, 6) is -5.80. The van der Waals surface area contributed by atoms with Gasteiger partial charge in [-0.25, -0.2) is 25.0 Å². The molecule has 5 bridgehead atoms. The molecule has 3 saturated carbocycles. The Morgan fingerprint density at radius 2 is 1.44 bits per heavy atom. The summed E-state index contributed by atoms with van der Waals surface area (Å²) in [6.45, 7) is 18.4. The lowest BCUT2D eigenvalue weighted by molar-refractivity contribution is -0.314. The molecule has 8 aliphatic heterocycles. The molecule has 26 atom stereocenters. The number of aromatic carboxylic acids is 1. The summed E-state index contributed by atoms with van der Waals surface area (Å²) in [4.78, 5) is 104. The van der Waals surface area contributed by atoms with Crippen LogP contribution in [0.4, 0.5) is 15.8 Å². The summed E-state index contributed by atoms with van der Waals surface area (Å²) in [5, 5.41) is 157. The molecule has 2 aromatic heterocycles. The zero-order chi connectivity index (χ0) is 104. The minimum atomic E-state index is -2.38. The van der Waals surface area contributed by atoms with Crippen LogP contribution in [0.3, 0.4) is 0 Å². The van der Waals surface area contributed by atoms with Crippen molar-refractivity contribution >= 4 is 87.0 Å². The first-order valence-electron chi connectivity index (χ1n) is 47.2. The number of fused-ring (bicyclic) bond motifs is 16. The first kappa shape index (κ1) is 109. The number of piperazine rings is 1. The van der Waals surface area contributed by atoms with E-state index in [1.807, 2.05) is 15.3 Å².